The zero-order valence-electron chi connectivity index (χ0n) is 22.7. The third kappa shape index (κ3) is 5.25. The molecule has 0 bridgehead atoms. The van der Waals surface area contributed by atoms with Crippen LogP contribution in [-0.2, 0) is 21.2 Å². The zero-order valence-corrected chi connectivity index (χ0v) is 24.4. The number of rotatable bonds is 6. The highest BCUT2D eigenvalue weighted by Gasteiger charge is 2.48. The second-order valence-corrected chi connectivity index (χ2v) is 14.0. The quantitative estimate of drug-likeness (QED) is 0.359. The first-order chi connectivity index (χ1) is 19.9. The highest BCUT2D eigenvalue weighted by atomic mass is 32.1. The number of nitrogens with one attached hydrogen (secondary N) is 1. The number of carbonyl (C=O) groups is 3. The van der Waals surface area contributed by atoms with Crippen LogP contribution >= 0.6 is 18.9 Å². The van der Waals surface area contributed by atoms with Gasteiger partial charge in [-0.1, -0.05) is 6.07 Å². The molecule has 224 valence electrons. The molecule has 0 aliphatic carbocycles. The Morgan fingerprint density at radius 3 is 2.62 bits per heavy atom. The van der Waals surface area contributed by atoms with Gasteiger partial charge in [-0.05, 0) is 61.3 Å². The molecule has 3 fully saturated rings. The molecule has 3 N–H and O–H groups in total. The Morgan fingerprint density at radius 1 is 1.17 bits per heavy atom. The summed E-state index contributed by atoms with van der Waals surface area (Å²) in [5.74, 6) is -4.03. The number of nitrogens with zero attached hydrogens (tertiary/aromatic N) is 4. The van der Waals surface area contributed by atoms with E-state index in [4.69, 9.17) is 9.79 Å². The van der Waals surface area contributed by atoms with E-state index in [1.807, 2.05) is 0 Å². The standard InChI is InChI=1S/C27H30F2N5O6PS/c1-32-13-18(28)23(31-32)16-11-33(12-16)27(37)20-7-6-17-3-2-4-19(26(36)34(17)20)30-25(35)22-10-15-9-14(5-8-21(15)42-22)24(29)41(38,39)40/h5,8-10,13,16-17,19-20,24H,2-4,6-7,11-12H2,1H3,(H,30,35)(H2,38,39,40)/t17-,19-,20-,24?/m0/s1. The number of likely N-dealkylation sites (tertiary alicyclic amines) is 1. The van der Waals surface area contributed by atoms with E-state index in [0.717, 1.165) is 17.8 Å². The highest BCUT2D eigenvalue weighted by Crippen LogP contribution is 2.53. The Morgan fingerprint density at radius 2 is 1.93 bits per heavy atom. The molecule has 3 aromatic rings. The number of amides is 3. The molecule has 42 heavy (non-hydrogen) atoms. The van der Waals surface area contributed by atoms with Crippen molar-refractivity contribution in [2.75, 3.05) is 13.1 Å². The van der Waals surface area contributed by atoms with Crippen LogP contribution in [0, 0.1) is 5.82 Å². The number of alkyl halides is 1. The third-order valence-corrected chi connectivity index (χ3v) is 10.4. The molecular formula is C27H30F2N5O6PS. The lowest BCUT2D eigenvalue weighted by molar-refractivity contribution is -0.148. The zero-order chi connectivity index (χ0) is 29.9. The van der Waals surface area contributed by atoms with Crippen LogP contribution in [0.15, 0.2) is 30.5 Å². The monoisotopic (exact) mass is 621 g/mol. The summed E-state index contributed by atoms with van der Waals surface area (Å²) in [4.78, 5) is 62.3. The van der Waals surface area contributed by atoms with Gasteiger partial charge in [0.05, 0.1) is 11.1 Å². The Bertz CT molecular complexity index is 1620. The molecule has 3 saturated heterocycles. The number of fused-ring (bicyclic) bond motifs is 2. The van der Waals surface area contributed by atoms with Crippen molar-refractivity contribution in [1.82, 2.24) is 24.9 Å². The van der Waals surface area contributed by atoms with Gasteiger partial charge in [0.25, 0.3) is 5.91 Å². The van der Waals surface area contributed by atoms with E-state index in [9.17, 15) is 27.7 Å². The number of aromatic nitrogens is 2. The van der Waals surface area contributed by atoms with Gasteiger partial charge in [-0.3, -0.25) is 23.6 Å². The fourth-order valence-electron chi connectivity index (χ4n) is 6.28. The summed E-state index contributed by atoms with van der Waals surface area (Å²) in [5, 5.41) is 7.44. The van der Waals surface area contributed by atoms with E-state index in [0.29, 0.717) is 54.6 Å². The van der Waals surface area contributed by atoms with Crippen molar-refractivity contribution in [1.29, 1.82) is 0 Å². The van der Waals surface area contributed by atoms with Crippen LogP contribution in [0.25, 0.3) is 10.1 Å². The van der Waals surface area contributed by atoms with Crippen LogP contribution in [-0.4, -0.2) is 78.3 Å². The van der Waals surface area contributed by atoms with Crippen molar-refractivity contribution < 1.29 is 37.5 Å². The molecule has 5 heterocycles. The van der Waals surface area contributed by atoms with E-state index in [1.54, 1.807) is 16.8 Å². The fourth-order valence-corrected chi connectivity index (χ4v) is 7.77. The summed E-state index contributed by atoms with van der Waals surface area (Å²) in [6.07, 6.45) is 4.35. The topological polar surface area (TPSA) is 145 Å². The summed E-state index contributed by atoms with van der Waals surface area (Å²) < 4.78 is 41.7. The summed E-state index contributed by atoms with van der Waals surface area (Å²) >= 11 is 1.12. The summed E-state index contributed by atoms with van der Waals surface area (Å²) in [7, 11) is -3.34. The molecular weight excluding hydrogens is 591 g/mol. The maximum absolute atomic E-state index is 14.2. The Balaban J connectivity index is 1.14. The van der Waals surface area contributed by atoms with E-state index in [1.165, 1.54) is 35.1 Å². The molecule has 2 aromatic heterocycles. The van der Waals surface area contributed by atoms with Crippen LogP contribution in [0.4, 0.5) is 8.78 Å². The normalized spacial score (nSPS) is 23.9. The number of hydrogen-bond acceptors (Lipinski definition) is 6. The van der Waals surface area contributed by atoms with Crippen LogP contribution in [0.3, 0.4) is 0 Å². The van der Waals surface area contributed by atoms with Gasteiger partial charge in [0, 0.05) is 36.8 Å². The maximum atomic E-state index is 14.2. The summed E-state index contributed by atoms with van der Waals surface area (Å²) in [6, 6.07) is 4.02. The first kappa shape index (κ1) is 28.9. The molecule has 0 spiro atoms. The first-order valence-electron chi connectivity index (χ1n) is 13.7. The number of carbonyl (C=O) groups excluding carboxylic acids is 3. The molecule has 3 aliphatic rings. The Labute approximate surface area is 243 Å². The second-order valence-electron chi connectivity index (χ2n) is 11.3. The number of halogens is 2. The second kappa shape index (κ2) is 10.8. The van der Waals surface area contributed by atoms with Crippen molar-refractivity contribution in [3.05, 3.63) is 52.4 Å². The van der Waals surface area contributed by atoms with E-state index in [2.05, 4.69) is 10.4 Å². The van der Waals surface area contributed by atoms with Crippen molar-refractivity contribution in [3.8, 4) is 0 Å². The van der Waals surface area contributed by atoms with Gasteiger partial charge in [0.1, 0.15) is 17.8 Å². The maximum Gasteiger partial charge on any atom is 0.363 e. The average molecular weight is 622 g/mol. The van der Waals surface area contributed by atoms with Crippen LogP contribution in [0.5, 0.6) is 0 Å². The van der Waals surface area contributed by atoms with E-state index < -0.39 is 37.3 Å². The molecule has 0 radical (unpaired) electrons. The lowest BCUT2D eigenvalue weighted by Crippen LogP contribution is -2.58. The summed E-state index contributed by atoms with van der Waals surface area (Å²) in [6.45, 7) is 0.669. The smallest absolute Gasteiger partial charge is 0.340 e. The molecule has 3 amide bonds. The molecule has 15 heteroatoms. The third-order valence-electron chi connectivity index (χ3n) is 8.40. The largest absolute Gasteiger partial charge is 0.363 e. The SMILES string of the molecule is Cn1cc(F)c(C2CN(C(=O)[C@@H]3CC[C@@H]4CCC[C@H](NC(=O)c5cc6cc(C(F)P(=O)(O)O)ccc6s5)C(=O)N43)C2)n1. The average Bonchev–Trinajstić information content (AvgIpc) is 3.59. The molecule has 4 atom stereocenters. The van der Waals surface area contributed by atoms with Crippen molar-refractivity contribution in [2.45, 2.75) is 62.1 Å². The minimum atomic E-state index is -4.98. The molecule has 6 rings (SSSR count). The Kier molecular flexibility index (Phi) is 7.45. The minimum Gasteiger partial charge on any atom is -0.340 e. The fraction of sp³-hybridized carbons (Fsp3) is 0.481. The van der Waals surface area contributed by atoms with Crippen molar-refractivity contribution >= 4 is 46.7 Å². The minimum absolute atomic E-state index is 0.0934. The van der Waals surface area contributed by atoms with Gasteiger partial charge in [-0.2, -0.15) is 5.10 Å². The number of aryl methyl sites for hydroxylation is 1. The van der Waals surface area contributed by atoms with Crippen molar-refractivity contribution in [3.63, 3.8) is 0 Å². The van der Waals surface area contributed by atoms with Gasteiger partial charge in [-0.15, -0.1) is 11.3 Å². The first-order valence-corrected chi connectivity index (χ1v) is 16.2. The lowest BCUT2D eigenvalue weighted by Gasteiger charge is -2.41. The highest BCUT2D eigenvalue weighted by molar-refractivity contribution is 7.51. The van der Waals surface area contributed by atoms with Crippen LogP contribution in [0.2, 0.25) is 0 Å². The van der Waals surface area contributed by atoms with Gasteiger partial charge < -0.3 is 24.9 Å². The molecule has 11 nitrogen and oxygen atoms in total. The summed E-state index contributed by atoms with van der Waals surface area (Å²) in [5.41, 5.74) is 0.150. The van der Waals surface area contributed by atoms with Gasteiger partial charge in [-0.25, -0.2) is 8.78 Å². The number of hydrogen-bond donors (Lipinski definition) is 3. The van der Waals surface area contributed by atoms with E-state index >= 15 is 0 Å². The van der Waals surface area contributed by atoms with Crippen molar-refractivity contribution in [2.24, 2.45) is 7.05 Å². The van der Waals surface area contributed by atoms with Gasteiger partial charge in [0.2, 0.25) is 17.7 Å². The van der Waals surface area contributed by atoms with Gasteiger partial charge in [0.15, 0.2) is 5.82 Å². The predicted molar refractivity (Wildman–Crippen MR) is 149 cm³/mol. The van der Waals surface area contributed by atoms with Crippen LogP contribution < -0.4 is 5.32 Å². The molecule has 1 aromatic carbocycles. The van der Waals surface area contributed by atoms with Gasteiger partial charge >= 0.3 is 7.60 Å². The predicted octanol–water partition coefficient (Wildman–Crippen LogP) is 3.19. The molecule has 1 unspecified atom stereocenters. The number of benzene rings is 1. The number of thiophene rings is 1. The lowest BCUT2D eigenvalue weighted by atomic mass is 9.95. The van der Waals surface area contributed by atoms with E-state index in [-0.39, 0.29) is 34.2 Å². The van der Waals surface area contributed by atoms with Crippen LogP contribution in [0.1, 0.15) is 64.9 Å². The molecule has 3 aliphatic heterocycles. The molecule has 0 saturated carbocycles. The Hall–Kier alpha value is -3.19.